The number of phenols is 3. The van der Waals surface area contributed by atoms with E-state index in [1.165, 1.54) is 54.3 Å². The molecule has 0 saturated heterocycles. The highest BCUT2D eigenvalue weighted by Crippen LogP contribution is 2.53. The molecule has 3 N–H and O–H groups in total. The molecule has 52 heavy (non-hydrogen) atoms. The van der Waals surface area contributed by atoms with E-state index >= 15 is 0 Å². The van der Waals surface area contributed by atoms with Crippen molar-refractivity contribution in [3.05, 3.63) is 173 Å². The molecule has 0 unspecified atom stereocenters. The van der Waals surface area contributed by atoms with Gasteiger partial charge in [0, 0.05) is 16.2 Å². The maximum absolute atomic E-state index is 11.8. The Morgan fingerprint density at radius 1 is 0.327 bits per heavy atom. The van der Waals surface area contributed by atoms with Gasteiger partial charge >= 0.3 is 0 Å². The number of benzene rings is 6. The van der Waals surface area contributed by atoms with Gasteiger partial charge < -0.3 is 15.3 Å². The van der Waals surface area contributed by atoms with Crippen LogP contribution in [0.3, 0.4) is 0 Å². The van der Waals surface area contributed by atoms with E-state index in [1.807, 2.05) is 78.9 Å². The Morgan fingerprint density at radius 2 is 0.615 bits per heavy atom. The molecule has 0 heterocycles. The molecule has 0 saturated carbocycles. The van der Waals surface area contributed by atoms with Crippen LogP contribution in [0.1, 0.15) is 74.9 Å². The Balaban J connectivity index is 1.33. The number of rotatable bonds is 12. The summed E-state index contributed by atoms with van der Waals surface area (Å²) in [6, 6.07) is 46.8. The Morgan fingerprint density at radius 3 is 0.962 bits per heavy atom. The molecule has 0 fully saturated rings. The lowest BCUT2D eigenvalue weighted by Gasteiger charge is -2.28. The number of phenolic OH excluding ortho intramolecular Hbond substituents is 3. The molecule has 0 aliphatic heterocycles. The molecule has 0 bridgehead atoms. The van der Waals surface area contributed by atoms with Crippen molar-refractivity contribution in [3.8, 4) is 17.2 Å². The summed E-state index contributed by atoms with van der Waals surface area (Å²) in [5.74, 6) is 0.566. The summed E-state index contributed by atoms with van der Waals surface area (Å²) in [4.78, 5) is 2.85. The highest BCUT2D eigenvalue weighted by atomic mass is 33.1. The maximum atomic E-state index is 11.8. The molecular weight excluding hydrogens is 717 g/mol. The van der Waals surface area contributed by atoms with E-state index in [4.69, 9.17) is 0 Å². The van der Waals surface area contributed by atoms with Crippen molar-refractivity contribution in [3.63, 3.8) is 0 Å². The fraction of sp³-hybridized carbons (Fsp3) is 0.200. The maximum Gasteiger partial charge on any atom is 0.144 e. The molecular formula is C45H44O3S4. The van der Waals surface area contributed by atoms with Crippen LogP contribution >= 0.6 is 43.2 Å². The summed E-state index contributed by atoms with van der Waals surface area (Å²) < 4.78 is 0. The highest BCUT2D eigenvalue weighted by Gasteiger charge is 2.28. The van der Waals surface area contributed by atoms with E-state index in [1.54, 1.807) is 12.1 Å². The second-order valence-electron chi connectivity index (χ2n) is 14.5. The van der Waals surface area contributed by atoms with E-state index in [0.717, 1.165) is 32.0 Å². The van der Waals surface area contributed by atoms with Crippen LogP contribution in [-0.2, 0) is 16.2 Å². The van der Waals surface area contributed by atoms with Crippen molar-refractivity contribution in [2.45, 2.75) is 77.4 Å². The third kappa shape index (κ3) is 8.03. The fourth-order valence-electron chi connectivity index (χ4n) is 6.25. The molecule has 0 aromatic heterocycles. The monoisotopic (exact) mass is 760 g/mol. The van der Waals surface area contributed by atoms with Gasteiger partial charge in [-0.05, 0) is 113 Å². The minimum Gasteiger partial charge on any atom is -0.507 e. The van der Waals surface area contributed by atoms with Crippen LogP contribution in [0.4, 0.5) is 0 Å². The number of hydrogen-bond acceptors (Lipinski definition) is 7. The van der Waals surface area contributed by atoms with Crippen molar-refractivity contribution in [2.75, 3.05) is 0 Å². The number of aromatic hydroxyl groups is 3. The van der Waals surface area contributed by atoms with Crippen LogP contribution < -0.4 is 0 Å². The van der Waals surface area contributed by atoms with Crippen LogP contribution in [0.2, 0.25) is 0 Å². The first kappa shape index (κ1) is 37.9. The van der Waals surface area contributed by atoms with Crippen molar-refractivity contribution in [1.29, 1.82) is 0 Å². The zero-order valence-electron chi connectivity index (χ0n) is 30.3. The van der Waals surface area contributed by atoms with E-state index in [-0.39, 0.29) is 33.5 Å². The first-order valence-corrected chi connectivity index (χ1v) is 21.5. The van der Waals surface area contributed by atoms with Gasteiger partial charge in [-0.2, -0.15) is 0 Å². The van der Waals surface area contributed by atoms with Gasteiger partial charge in [-0.25, -0.2) is 0 Å². The molecule has 0 radical (unpaired) electrons. The van der Waals surface area contributed by atoms with Crippen molar-refractivity contribution >= 4 is 43.2 Å². The van der Waals surface area contributed by atoms with E-state index in [0.29, 0.717) is 9.79 Å². The molecule has 3 nitrogen and oxygen atoms in total. The van der Waals surface area contributed by atoms with E-state index in [9.17, 15) is 15.3 Å². The average Bonchev–Trinajstić information content (AvgIpc) is 3.15. The minimum atomic E-state index is -0.363. The van der Waals surface area contributed by atoms with Crippen molar-refractivity contribution in [2.24, 2.45) is 0 Å². The molecule has 0 spiro atoms. The predicted octanol–water partition coefficient (Wildman–Crippen LogP) is 13.4. The molecule has 0 atom stereocenters. The van der Waals surface area contributed by atoms with Crippen LogP contribution in [0.25, 0.3) is 0 Å². The van der Waals surface area contributed by atoms with Gasteiger partial charge in [0.1, 0.15) is 17.2 Å². The Bertz CT molecular complexity index is 2020. The molecule has 6 rings (SSSR count). The summed E-state index contributed by atoms with van der Waals surface area (Å²) in [6.45, 7) is 13.1. The largest absolute Gasteiger partial charge is 0.507 e. The zero-order chi connectivity index (χ0) is 37.1. The van der Waals surface area contributed by atoms with Gasteiger partial charge in [-0.15, -0.1) is 0 Å². The van der Waals surface area contributed by atoms with Crippen LogP contribution in [0.15, 0.2) is 159 Å². The second-order valence-corrected chi connectivity index (χ2v) is 18.9. The third-order valence-electron chi connectivity index (χ3n) is 10.1. The topological polar surface area (TPSA) is 60.7 Å². The van der Waals surface area contributed by atoms with Crippen molar-refractivity contribution in [1.82, 2.24) is 0 Å². The van der Waals surface area contributed by atoms with Gasteiger partial charge in [0.25, 0.3) is 0 Å². The summed E-state index contributed by atoms with van der Waals surface area (Å²) in [5, 5.41) is 33.7. The normalized spacial score (nSPS) is 12.2. The molecule has 0 aliphatic rings. The summed E-state index contributed by atoms with van der Waals surface area (Å²) >= 11 is 0. The highest BCUT2D eigenvalue weighted by molar-refractivity contribution is 8.77. The molecule has 7 heteroatoms. The first-order valence-electron chi connectivity index (χ1n) is 17.2. The lowest BCUT2D eigenvalue weighted by Crippen LogP contribution is -2.19. The van der Waals surface area contributed by atoms with Crippen LogP contribution in [-0.4, -0.2) is 15.3 Å². The lowest BCUT2D eigenvalue weighted by atomic mass is 9.78. The van der Waals surface area contributed by atoms with Gasteiger partial charge in [0.15, 0.2) is 0 Å². The van der Waals surface area contributed by atoms with Gasteiger partial charge in [-0.1, -0.05) is 145 Å². The molecule has 0 aliphatic carbocycles. The third-order valence-corrected chi connectivity index (χ3v) is 14.9. The molecule has 6 aromatic rings. The standard InChI is InChI=1S/C45H44O3S4/c1-43(2,30-16-10-7-11-17-30)33-22-24-36(46)38(26-33)49-51-40-28-35(45(5,6)32-20-14-9-15-21-32)29-41(42(40)48)52-50-39-27-34(23-25-37(39)47)44(3,4)31-18-12-8-13-19-31/h7-29,46-48H,1-6H3. The van der Waals surface area contributed by atoms with E-state index < -0.39 is 0 Å². The quantitative estimate of drug-likeness (QED) is 0.107. The van der Waals surface area contributed by atoms with Gasteiger partial charge in [0.05, 0.1) is 19.6 Å². The summed E-state index contributed by atoms with van der Waals surface area (Å²) in [5.41, 5.74) is 5.88. The summed E-state index contributed by atoms with van der Waals surface area (Å²) in [6.07, 6.45) is 0. The van der Waals surface area contributed by atoms with Crippen LogP contribution in [0, 0.1) is 0 Å². The summed E-state index contributed by atoms with van der Waals surface area (Å²) in [7, 11) is 5.73. The second kappa shape index (κ2) is 15.6. The Hall–Kier alpha value is -3.88. The van der Waals surface area contributed by atoms with Crippen molar-refractivity contribution < 1.29 is 15.3 Å². The van der Waals surface area contributed by atoms with Gasteiger partial charge in [0.2, 0.25) is 0 Å². The van der Waals surface area contributed by atoms with Crippen LogP contribution in [0.5, 0.6) is 17.2 Å². The number of hydrogen-bond donors (Lipinski definition) is 3. The molecule has 266 valence electrons. The lowest BCUT2D eigenvalue weighted by molar-refractivity contribution is 0.447. The van der Waals surface area contributed by atoms with Gasteiger partial charge in [-0.3, -0.25) is 0 Å². The molecule has 6 aromatic carbocycles. The average molecular weight is 761 g/mol. The fourth-order valence-corrected chi connectivity index (χ4v) is 10.7. The smallest absolute Gasteiger partial charge is 0.144 e. The van der Waals surface area contributed by atoms with E-state index in [2.05, 4.69) is 90.1 Å². The SMILES string of the molecule is CC(C)(c1ccccc1)c1ccc(O)c(SSc2cc(C(C)(C)c3ccccc3)cc(SSc3cc(C(C)(C)c4ccccc4)ccc3O)c2O)c1. The zero-order valence-corrected chi connectivity index (χ0v) is 33.5. The first-order chi connectivity index (χ1) is 24.8. The minimum absolute atomic E-state index is 0.170. The predicted molar refractivity (Wildman–Crippen MR) is 223 cm³/mol. The Kier molecular flexibility index (Phi) is 11.4. The Labute approximate surface area is 324 Å². The molecule has 0 amide bonds.